The van der Waals surface area contributed by atoms with Crippen molar-refractivity contribution in [2.45, 2.75) is 20.4 Å². The first-order chi connectivity index (χ1) is 7.22. The van der Waals surface area contributed by atoms with Crippen molar-refractivity contribution in [2.75, 3.05) is 7.05 Å². The van der Waals surface area contributed by atoms with E-state index in [9.17, 15) is 0 Å². The highest BCUT2D eigenvalue weighted by atomic mass is 16.5. The van der Waals surface area contributed by atoms with Gasteiger partial charge in [-0.05, 0) is 20.9 Å². The summed E-state index contributed by atoms with van der Waals surface area (Å²) >= 11 is 0. The van der Waals surface area contributed by atoms with Gasteiger partial charge in [-0.3, -0.25) is 5.10 Å². The summed E-state index contributed by atoms with van der Waals surface area (Å²) < 4.78 is 5.19. The molecule has 80 valence electrons. The van der Waals surface area contributed by atoms with E-state index in [4.69, 9.17) is 4.52 Å². The summed E-state index contributed by atoms with van der Waals surface area (Å²) in [5.41, 5.74) is 3.87. The zero-order chi connectivity index (χ0) is 10.8. The van der Waals surface area contributed by atoms with Crippen LogP contribution < -0.4 is 5.32 Å². The van der Waals surface area contributed by atoms with E-state index < -0.39 is 0 Å². The number of nitrogens with zero attached hydrogens (tertiary/aromatic N) is 2. The van der Waals surface area contributed by atoms with Gasteiger partial charge in [0.05, 0.1) is 5.69 Å². The van der Waals surface area contributed by atoms with E-state index in [2.05, 4.69) is 20.7 Å². The topological polar surface area (TPSA) is 66.7 Å². The Bertz CT molecular complexity index is 458. The van der Waals surface area contributed by atoms with Crippen molar-refractivity contribution in [3.05, 3.63) is 23.0 Å². The minimum absolute atomic E-state index is 0.710. The fourth-order valence-electron chi connectivity index (χ4n) is 1.52. The molecule has 0 bridgehead atoms. The predicted octanol–water partition coefficient (Wildman–Crippen LogP) is 1.40. The van der Waals surface area contributed by atoms with Gasteiger partial charge in [-0.25, -0.2) is 0 Å². The van der Waals surface area contributed by atoms with Crippen molar-refractivity contribution >= 4 is 0 Å². The van der Waals surface area contributed by atoms with Crippen molar-refractivity contribution in [2.24, 2.45) is 0 Å². The molecule has 2 heterocycles. The SMILES string of the molecule is CNCc1c(-c2cc(C)no2)n[nH]c1C. The summed E-state index contributed by atoms with van der Waals surface area (Å²) in [6.07, 6.45) is 0. The Hall–Kier alpha value is -1.62. The molecule has 2 rings (SSSR count). The molecule has 2 N–H and O–H groups in total. The number of hydrogen-bond acceptors (Lipinski definition) is 4. The average molecular weight is 206 g/mol. The molecule has 0 atom stereocenters. The second kappa shape index (κ2) is 3.86. The van der Waals surface area contributed by atoms with Gasteiger partial charge in [0.1, 0.15) is 5.69 Å². The quantitative estimate of drug-likeness (QED) is 0.796. The molecule has 0 aromatic carbocycles. The molecule has 15 heavy (non-hydrogen) atoms. The summed E-state index contributed by atoms with van der Waals surface area (Å²) in [6, 6.07) is 1.88. The smallest absolute Gasteiger partial charge is 0.187 e. The van der Waals surface area contributed by atoms with Crippen LogP contribution in [-0.2, 0) is 6.54 Å². The highest BCUT2D eigenvalue weighted by molar-refractivity contribution is 5.58. The Morgan fingerprint density at radius 2 is 2.27 bits per heavy atom. The summed E-state index contributed by atoms with van der Waals surface area (Å²) in [5, 5.41) is 14.1. The first-order valence-corrected chi connectivity index (χ1v) is 4.84. The van der Waals surface area contributed by atoms with E-state index in [-0.39, 0.29) is 0 Å². The third kappa shape index (κ3) is 1.78. The van der Waals surface area contributed by atoms with E-state index in [1.165, 1.54) is 0 Å². The first kappa shape index (κ1) is 9.92. The fourth-order valence-corrected chi connectivity index (χ4v) is 1.52. The van der Waals surface area contributed by atoms with Gasteiger partial charge < -0.3 is 9.84 Å². The second-order valence-corrected chi connectivity index (χ2v) is 3.54. The maximum atomic E-state index is 5.19. The highest BCUT2D eigenvalue weighted by Gasteiger charge is 2.15. The highest BCUT2D eigenvalue weighted by Crippen LogP contribution is 2.23. The minimum Gasteiger partial charge on any atom is -0.354 e. The van der Waals surface area contributed by atoms with E-state index in [1.54, 1.807) is 0 Å². The van der Waals surface area contributed by atoms with Crippen LogP contribution in [0, 0.1) is 13.8 Å². The van der Waals surface area contributed by atoms with E-state index >= 15 is 0 Å². The number of nitrogens with one attached hydrogen (secondary N) is 2. The van der Waals surface area contributed by atoms with Gasteiger partial charge in [-0.1, -0.05) is 5.16 Å². The molecule has 5 heteroatoms. The van der Waals surface area contributed by atoms with Crippen LogP contribution in [0.3, 0.4) is 0 Å². The number of aromatic amines is 1. The van der Waals surface area contributed by atoms with Crippen LogP contribution in [0.15, 0.2) is 10.6 Å². The Balaban J connectivity index is 2.43. The third-order valence-electron chi connectivity index (χ3n) is 2.29. The van der Waals surface area contributed by atoms with Crippen LogP contribution in [0.25, 0.3) is 11.5 Å². The monoisotopic (exact) mass is 206 g/mol. The lowest BCUT2D eigenvalue weighted by molar-refractivity contribution is 0.425. The van der Waals surface area contributed by atoms with Gasteiger partial charge in [0.15, 0.2) is 5.76 Å². The minimum atomic E-state index is 0.710. The molecule has 0 unspecified atom stereocenters. The van der Waals surface area contributed by atoms with Crippen LogP contribution in [0.4, 0.5) is 0 Å². The summed E-state index contributed by atoms with van der Waals surface area (Å²) in [6.45, 7) is 4.65. The Labute approximate surface area is 87.9 Å². The molecule has 0 saturated carbocycles. The Kier molecular flexibility index (Phi) is 2.55. The standard InChI is InChI=1S/C10H14N4O/c1-6-4-9(15-14-6)10-8(5-11-3)7(2)12-13-10/h4,11H,5H2,1-3H3,(H,12,13). The normalized spacial score (nSPS) is 10.9. The summed E-state index contributed by atoms with van der Waals surface area (Å²) in [5.74, 6) is 0.710. The number of H-pyrrole nitrogens is 1. The fraction of sp³-hybridized carbons (Fsp3) is 0.400. The molecular formula is C10H14N4O. The predicted molar refractivity (Wildman–Crippen MR) is 56.3 cm³/mol. The molecule has 2 aromatic heterocycles. The number of aryl methyl sites for hydroxylation is 2. The second-order valence-electron chi connectivity index (χ2n) is 3.54. The van der Waals surface area contributed by atoms with Crippen LogP contribution in [0.2, 0.25) is 0 Å². The number of rotatable bonds is 3. The Morgan fingerprint density at radius 3 is 2.87 bits per heavy atom. The average Bonchev–Trinajstić information content (AvgIpc) is 2.76. The zero-order valence-corrected chi connectivity index (χ0v) is 9.09. The molecule has 0 aliphatic heterocycles. The Morgan fingerprint density at radius 1 is 1.47 bits per heavy atom. The molecule has 0 aliphatic rings. The molecule has 2 aromatic rings. The van der Waals surface area contributed by atoms with Gasteiger partial charge in [0, 0.05) is 23.9 Å². The van der Waals surface area contributed by atoms with Gasteiger partial charge in [-0.2, -0.15) is 5.10 Å². The van der Waals surface area contributed by atoms with Crippen molar-refractivity contribution in [1.29, 1.82) is 0 Å². The molecule has 5 nitrogen and oxygen atoms in total. The van der Waals surface area contributed by atoms with Crippen LogP contribution in [-0.4, -0.2) is 22.4 Å². The van der Waals surface area contributed by atoms with Crippen molar-refractivity contribution < 1.29 is 4.52 Å². The first-order valence-electron chi connectivity index (χ1n) is 4.84. The largest absolute Gasteiger partial charge is 0.354 e. The van der Waals surface area contributed by atoms with E-state index in [0.717, 1.165) is 29.2 Å². The van der Waals surface area contributed by atoms with E-state index in [1.807, 2.05) is 27.0 Å². The van der Waals surface area contributed by atoms with Gasteiger partial charge >= 0.3 is 0 Å². The molecule has 0 aliphatic carbocycles. The molecule has 0 radical (unpaired) electrons. The zero-order valence-electron chi connectivity index (χ0n) is 9.09. The lowest BCUT2D eigenvalue weighted by Gasteiger charge is -1.99. The van der Waals surface area contributed by atoms with E-state index in [0.29, 0.717) is 5.76 Å². The third-order valence-corrected chi connectivity index (χ3v) is 2.29. The summed E-state index contributed by atoms with van der Waals surface area (Å²) in [7, 11) is 1.90. The van der Waals surface area contributed by atoms with Gasteiger partial charge in [0.2, 0.25) is 0 Å². The molecular weight excluding hydrogens is 192 g/mol. The van der Waals surface area contributed by atoms with Gasteiger partial charge in [-0.15, -0.1) is 0 Å². The van der Waals surface area contributed by atoms with Crippen LogP contribution >= 0.6 is 0 Å². The number of hydrogen-bond donors (Lipinski definition) is 2. The molecule has 0 saturated heterocycles. The van der Waals surface area contributed by atoms with Crippen molar-refractivity contribution in [3.8, 4) is 11.5 Å². The molecule has 0 spiro atoms. The lowest BCUT2D eigenvalue weighted by atomic mass is 10.1. The maximum Gasteiger partial charge on any atom is 0.187 e. The summed E-state index contributed by atoms with van der Waals surface area (Å²) in [4.78, 5) is 0. The van der Waals surface area contributed by atoms with Gasteiger partial charge in [0.25, 0.3) is 0 Å². The van der Waals surface area contributed by atoms with Crippen LogP contribution in [0.1, 0.15) is 17.0 Å². The molecule has 0 fully saturated rings. The number of aromatic nitrogens is 3. The molecule has 0 amide bonds. The maximum absolute atomic E-state index is 5.19. The van der Waals surface area contributed by atoms with Crippen molar-refractivity contribution in [3.63, 3.8) is 0 Å². The van der Waals surface area contributed by atoms with Crippen molar-refractivity contribution in [1.82, 2.24) is 20.7 Å². The van der Waals surface area contributed by atoms with Crippen LogP contribution in [0.5, 0.6) is 0 Å². The lowest BCUT2D eigenvalue weighted by Crippen LogP contribution is -2.06.